The van der Waals surface area contributed by atoms with Crippen LogP contribution in [0.2, 0.25) is 0 Å². The number of nitro groups is 1. The maximum atomic E-state index is 11.2. The molecule has 0 heterocycles. The van der Waals surface area contributed by atoms with Crippen molar-refractivity contribution in [2.24, 2.45) is 0 Å². The highest BCUT2D eigenvalue weighted by Gasteiger charge is 2.12. The number of hydrogen-bond acceptors (Lipinski definition) is 3. The van der Waals surface area contributed by atoms with Gasteiger partial charge in [0.2, 0.25) is 5.91 Å². The van der Waals surface area contributed by atoms with Gasteiger partial charge in [-0.2, -0.15) is 0 Å². The van der Waals surface area contributed by atoms with Crippen molar-refractivity contribution in [2.75, 3.05) is 11.2 Å². The average Bonchev–Trinajstić information content (AvgIpc) is 2.17. The first-order valence-electron chi connectivity index (χ1n) is 4.34. The number of rotatable bonds is 4. The summed E-state index contributed by atoms with van der Waals surface area (Å²) < 4.78 is 0.321. The number of nitrogens with zero attached hydrogens (tertiary/aromatic N) is 1. The van der Waals surface area contributed by atoms with E-state index in [1.807, 2.05) is 0 Å². The summed E-state index contributed by atoms with van der Waals surface area (Å²) in [4.78, 5) is 21.2. The first kappa shape index (κ1) is 12.9. The lowest BCUT2D eigenvalue weighted by Gasteiger charge is -2.04. The maximum Gasteiger partial charge on any atom is 0.283 e. The van der Waals surface area contributed by atoms with Crippen LogP contribution in [0.25, 0.3) is 0 Å². The minimum atomic E-state index is -0.506. The van der Waals surface area contributed by atoms with Crippen LogP contribution < -0.4 is 5.32 Å². The molecule has 0 saturated heterocycles. The van der Waals surface area contributed by atoms with Crippen LogP contribution >= 0.6 is 27.5 Å². The molecule has 1 N–H and O–H groups in total. The maximum absolute atomic E-state index is 11.2. The smallest absolute Gasteiger partial charge is 0.283 e. The van der Waals surface area contributed by atoms with Crippen molar-refractivity contribution < 1.29 is 9.72 Å². The predicted octanol–water partition coefficient (Wildman–Crippen LogP) is 2.92. The van der Waals surface area contributed by atoms with Crippen molar-refractivity contribution in [1.29, 1.82) is 0 Å². The van der Waals surface area contributed by atoms with Crippen LogP contribution in [0.5, 0.6) is 0 Å². The van der Waals surface area contributed by atoms with Crippen molar-refractivity contribution >= 4 is 44.8 Å². The molecule has 1 aromatic rings. The summed E-state index contributed by atoms with van der Waals surface area (Å²) in [5.74, 6) is 0.00994. The Kier molecular flexibility index (Phi) is 4.70. The molecule has 0 radical (unpaired) electrons. The van der Waals surface area contributed by atoms with Crippen molar-refractivity contribution in [1.82, 2.24) is 0 Å². The Labute approximate surface area is 105 Å². The van der Waals surface area contributed by atoms with Gasteiger partial charge in [0, 0.05) is 24.1 Å². The molecule has 0 atom stereocenters. The zero-order valence-electron chi connectivity index (χ0n) is 8.07. The molecule has 1 aromatic carbocycles. The van der Waals surface area contributed by atoms with Crippen LogP contribution in [-0.4, -0.2) is 16.7 Å². The van der Waals surface area contributed by atoms with Crippen LogP contribution in [0.3, 0.4) is 0 Å². The highest BCUT2D eigenvalue weighted by atomic mass is 79.9. The zero-order chi connectivity index (χ0) is 12.1. The molecular formula is C9H8BrClN2O3. The van der Waals surface area contributed by atoms with Crippen LogP contribution in [-0.2, 0) is 4.79 Å². The number of carbonyl (C=O) groups excluding carboxylic acids is 1. The van der Waals surface area contributed by atoms with Gasteiger partial charge in [0.05, 0.1) is 9.40 Å². The van der Waals surface area contributed by atoms with Crippen molar-refractivity contribution in [3.8, 4) is 0 Å². The average molecular weight is 308 g/mol. The van der Waals surface area contributed by atoms with Crippen LogP contribution in [0.1, 0.15) is 6.42 Å². The van der Waals surface area contributed by atoms with Gasteiger partial charge < -0.3 is 5.32 Å². The molecule has 86 valence electrons. The lowest BCUT2D eigenvalue weighted by Crippen LogP contribution is -2.11. The van der Waals surface area contributed by atoms with Crippen molar-refractivity contribution in [3.63, 3.8) is 0 Å². The third-order valence-electron chi connectivity index (χ3n) is 1.75. The third-order valence-corrected chi connectivity index (χ3v) is 2.57. The highest BCUT2D eigenvalue weighted by Crippen LogP contribution is 2.27. The fourth-order valence-electron chi connectivity index (χ4n) is 1.04. The summed E-state index contributed by atoms with van der Waals surface area (Å²) in [5, 5.41) is 13.1. The van der Waals surface area contributed by atoms with Gasteiger partial charge in [0.25, 0.3) is 5.69 Å². The first-order chi connectivity index (χ1) is 7.54. The van der Waals surface area contributed by atoms with Crippen LogP contribution in [0.15, 0.2) is 22.7 Å². The van der Waals surface area contributed by atoms with E-state index in [0.717, 1.165) is 0 Å². The Hall–Kier alpha value is -1.14. The molecule has 0 aliphatic heterocycles. The van der Waals surface area contributed by atoms with Crippen LogP contribution in [0.4, 0.5) is 11.4 Å². The van der Waals surface area contributed by atoms with Gasteiger partial charge in [-0.05, 0) is 28.1 Å². The first-order valence-corrected chi connectivity index (χ1v) is 5.67. The van der Waals surface area contributed by atoms with E-state index in [1.165, 1.54) is 18.2 Å². The number of amides is 1. The molecule has 16 heavy (non-hydrogen) atoms. The topological polar surface area (TPSA) is 72.2 Å². The third kappa shape index (κ3) is 3.46. The Morgan fingerprint density at radius 1 is 1.56 bits per heavy atom. The van der Waals surface area contributed by atoms with Crippen molar-refractivity contribution in [2.45, 2.75) is 6.42 Å². The molecule has 0 unspecified atom stereocenters. The summed E-state index contributed by atoms with van der Waals surface area (Å²) in [6.45, 7) is 0. The number of anilines is 1. The van der Waals surface area contributed by atoms with Gasteiger partial charge in [0.15, 0.2) is 0 Å². The molecular weight excluding hydrogens is 299 g/mol. The number of alkyl halides is 1. The van der Waals surface area contributed by atoms with Crippen molar-refractivity contribution in [3.05, 3.63) is 32.8 Å². The predicted molar refractivity (Wildman–Crippen MR) is 64.8 cm³/mol. The Morgan fingerprint density at radius 2 is 2.25 bits per heavy atom. The fraction of sp³-hybridized carbons (Fsp3) is 0.222. The minimum Gasteiger partial charge on any atom is -0.326 e. The molecule has 0 bridgehead atoms. The Morgan fingerprint density at radius 3 is 2.75 bits per heavy atom. The molecule has 0 saturated carbocycles. The largest absolute Gasteiger partial charge is 0.326 e. The minimum absolute atomic E-state index is 0.0460. The Bertz CT molecular complexity index is 425. The van der Waals surface area contributed by atoms with E-state index in [2.05, 4.69) is 21.2 Å². The quantitative estimate of drug-likeness (QED) is 0.528. The van der Waals surface area contributed by atoms with Crippen LogP contribution in [0, 0.1) is 10.1 Å². The lowest BCUT2D eigenvalue weighted by atomic mass is 10.3. The monoisotopic (exact) mass is 306 g/mol. The number of nitro benzene ring substituents is 1. The number of carbonyl (C=O) groups is 1. The number of nitrogens with one attached hydrogen (secondary N) is 1. The molecule has 0 aliphatic carbocycles. The zero-order valence-corrected chi connectivity index (χ0v) is 10.4. The standard InChI is InChI=1S/C9H8BrClN2O3/c10-7-5-6(12-9(14)3-4-11)1-2-8(7)13(15)16/h1-2,5H,3-4H2,(H,12,14). The normalized spacial score (nSPS) is 9.88. The Balaban J connectivity index is 2.81. The second-order valence-electron chi connectivity index (χ2n) is 2.91. The van der Waals surface area contributed by atoms with Gasteiger partial charge in [-0.25, -0.2) is 0 Å². The molecule has 0 aromatic heterocycles. The summed E-state index contributed by atoms with van der Waals surface area (Å²) in [7, 11) is 0. The molecule has 0 spiro atoms. The molecule has 5 nitrogen and oxygen atoms in total. The van der Waals surface area contributed by atoms with Gasteiger partial charge >= 0.3 is 0 Å². The van der Waals surface area contributed by atoms with E-state index in [4.69, 9.17) is 11.6 Å². The van der Waals surface area contributed by atoms with E-state index in [1.54, 1.807) is 0 Å². The second kappa shape index (κ2) is 5.81. The number of benzene rings is 1. The number of hydrogen-bond donors (Lipinski definition) is 1. The second-order valence-corrected chi connectivity index (χ2v) is 4.14. The molecule has 7 heteroatoms. The van der Waals surface area contributed by atoms with E-state index in [-0.39, 0.29) is 23.9 Å². The van der Waals surface area contributed by atoms with Gasteiger partial charge in [0.1, 0.15) is 0 Å². The van der Waals surface area contributed by atoms with Gasteiger partial charge in [-0.1, -0.05) is 0 Å². The molecule has 1 rings (SSSR count). The van der Waals surface area contributed by atoms with E-state index in [0.29, 0.717) is 10.2 Å². The summed E-state index contributed by atoms with van der Waals surface area (Å²) in [6, 6.07) is 4.26. The molecule has 0 aliphatic rings. The summed E-state index contributed by atoms with van der Waals surface area (Å²) >= 11 is 8.46. The number of halogens is 2. The summed E-state index contributed by atoms with van der Waals surface area (Å²) in [6.07, 6.45) is 0.205. The van der Waals surface area contributed by atoms with E-state index < -0.39 is 4.92 Å². The SMILES string of the molecule is O=C(CCCl)Nc1ccc([N+](=O)[O-])c(Br)c1. The lowest BCUT2D eigenvalue weighted by molar-refractivity contribution is -0.385. The van der Waals surface area contributed by atoms with Gasteiger partial charge in [-0.15, -0.1) is 11.6 Å². The van der Waals surface area contributed by atoms with E-state index in [9.17, 15) is 14.9 Å². The molecule has 1 amide bonds. The fourth-order valence-corrected chi connectivity index (χ4v) is 1.74. The highest BCUT2D eigenvalue weighted by molar-refractivity contribution is 9.10. The van der Waals surface area contributed by atoms with E-state index >= 15 is 0 Å². The summed E-state index contributed by atoms with van der Waals surface area (Å²) in [5.41, 5.74) is 0.447. The molecule has 0 fully saturated rings. The van der Waals surface area contributed by atoms with Gasteiger partial charge in [-0.3, -0.25) is 14.9 Å².